The number of amides is 1. The number of fused-ring (bicyclic) bond motifs is 2. The van der Waals surface area contributed by atoms with Gasteiger partial charge in [-0.15, -0.1) is 0 Å². The minimum Gasteiger partial charge on any atom is -0.490 e. The Morgan fingerprint density at radius 3 is 2.88 bits per heavy atom. The first kappa shape index (κ1) is 16.4. The Hall–Kier alpha value is -3.05. The van der Waals surface area contributed by atoms with E-state index in [1.807, 2.05) is 6.07 Å². The number of carbonyl (C=O) groups is 1. The summed E-state index contributed by atoms with van der Waals surface area (Å²) in [4.78, 5) is 25.4. The Balaban J connectivity index is 1.87. The van der Waals surface area contributed by atoms with E-state index in [4.69, 9.17) is 20.8 Å². The van der Waals surface area contributed by atoms with Crippen molar-refractivity contribution in [3.63, 3.8) is 0 Å². The van der Waals surface area contributed by atoms with Crippen molar-refractivity contribution in [1.29, 1.82) is 0 Å². The van der Waals surface area contributed by atoms with Gasteiger partial charge in [-0.2, -0.15) is 0 Å². The smallest absolute Gasteiger partial charge is 0.288 e. The molecule has 0 saturated carbocycles. The maximum absolute atomic E-state index is 13.0. The van der Waals surface area contributed by atoms with Crippen molar-refractivity contribution in [3.05, 3.63) is 87.3 Å². The van der Waals surface area contributed by atoms with E-state index in [0.29, 0.717) is 28.3 Å². The van der Waals surface area contributed by atoms with E-state index in [2.05, 4.69) is 11.9 Å². The monoisotopic (exact) mass is 367 g/mol. The molecular formula is C20H14ClNO4. The highest BCUT2D eigenvalue weighted by Crippen LogP contribution is 2.32. The molecule has 2 aromatic carbocycles. The highest BCUT2D eigenvalue weighted by atomic mass is 35.5. The summed E-state index contributed by atoms with van der Waals surface area (Å²) in [6.45, 7) is 3.98. The molecule has 0 spiro atoms. The predicted octanol–water partition coefficient (Wildman–Crippen LogP) is 3.84. The maximum Gasteiger partial charge on any atom is 0.288 e. The number of rotatable bonds is 4. The lowest BCUT2D eigenvalue weighted by atomic mass is 9.99. The molecule has 0 bridgehead atoms. The summed E-state index contributed by atoms with van der Waals surface area (Å²) in [5.74, 6) is 0.238. The van der Waals surface area contributed by atoms with Crippen LogP contribution in [0.5, 0.6) is 5.75 Å². The van der Waals surface area contributed by atoms with E-state index < -0.39 is 11.9 Å². The van der Waals surface area contributed by atoms with Gasteiger partial charge < -0.3 is 14.5 Å². The fraction of sp³-hybridized carbons (Fsp3) is 0.100. The van der Waals surface area contributed by atoms with Crippen molar-refractivity contribution >= 4 is 28.5 Å². The summed E-state index contributed by atoms with van der Waals surface area (Å²) < 4.78 is 11.2. The van der Waals surface area contributed by atoms with E-state index in [1.54, 1.807) is 42.5 Å². The molecule has 2 heterocycles. The van der Waals surface area contributed by atoms with Gasteiger partial charge in [0.2, 0.25) is 5.76 Å². The number of halogens is 1. The number of carbonyl (C=O) groups excluding carboxylic acids is 1. The second-order valence-electron chi connectivity index (χ2n) is 5.89. The zero-order valence-corrected chi connectivity index (χ0v) is 14.4. The zero-order valence-electron chi connectivity index (χ0n) is 13.6. The lowest BCUT2D eigenvalue weighted by Gasteiger charge is -2.13. The zero-order chi connectivity index (χ0) is 18.3. The molecule has 4 rings (SSSR count). The van der Waals surface area contributed by atoms with Crippen LogP contribution in [-0.4, -0.2) is 12.5 Å². The summed E-state index contributed by atoms with van der Waals surface area (Å²) >= 11 is 6.01. The summed E-state index contributed by atoms with van der Waals surface area (Å²) in [5.41, 5.74) is 1.07. The molecule has 0 aliphatic carbocycles. The van der Waals surface area contributed by atoms with Crippen LogP contribution in [0.2, 0.25) is 5.02 Å². The SMILES string of the molecule is C=CCOc1cccc(C2NC(=O)c3oc4ccc(Cl)cc4c(=O)c32)c1. The molecule has 6 heteroatoms. The van der Waals surface area contributed by atoms with Crippen LogP contribution >= 0.6 is 11.6 Å². The van der Waals surface area contributed by atoms with Crippen molar-refractivity contribution in [3.8, 4) is 5.75 Å². The minimum absolute atomic E-state index is 0.0345. The van der Waals surface area contributed by atoms with Crippen molar-refractivity contribution in [1.82, 2.24) is 5.32 Å². The van der Waals surface area contributed by atoms with Crippen molar-refractivity contribution < 1.29 is 13.9 Å². The van der Waals surface area contributed by atoms with E-state index in [0.717, 1.165) is 5.56 Å². The van der Waals surface area contributed by atoms with Gasteiger partial charge in [0.1, 0.15) is 17.9 Å². The molecule has 26 heavy (non-hydrogen) atoms. The number of hydrogen-bond donors (Lipinski definition) is 1. The molecule has 1 N–H and O–H groups in total. The van der Waals surface area contributed by atoms with E-state index in [9.17, 15) is 9.59 Å². The second-order valence-corrected chi connectivity index (χ2v) is 6.33. The normalized spacial score (nSPS) is 15.6. The van der Waals surface area contributed by atoms with Crippen molar-refractivity contribution in [2.45, 2.75) is 6.04 Å². The Labute approximate surface area is 153 Å². The summed E-state index contributed by atoms with van der Waals surface area (Å²) in [6.07, 6.45) is 1.64. The van der Waals surface area contributed by atoms with Crippen LogP contribution in [0, 0.1) is 0 Å². The van der Waals surface area contributed by atoms with Gasteiger partial charge in [-0.25, -0.2) is 0 Å². The number of ether oxygens (including phenoxy) is 1. The van der Waals surface area contributed by atoms with Crippen molar-refractivity contribution in [2.75, 3.05) is 6.61 Å². The van der Waals surface area contributed by atoms with Crippen LogP contribution in [0.4, 0.5) is 0 Å². The number of benzene rings is 2. The first-order valence-electron chi connectivity index (χ1n) is 7.99. The maximum atomic E-state index is 13.0. The summed E-state index contributed by atoms with van der Waals surface area (Å²) in [5, 5.41) is 3.58. The molecule has 0 radical (unpaired) electrons. The first-order valence-corrected chi connectivity index (χ1v) is 8.37. The Bertz CT molecular complexity index is 1100. The largest absolute Gasteiger partial charge is 0.490 e. The Morgan fingerprint density at radius 2 is 2.08 bits per heavy atom. The van der Waals surface area contributed by atoms with E-state index in [1.165, 1.54) is 0 Å². The molecule has 1 aliphatic rings. The van der Waals surface area contributed by atoms with Crippen LogP contribution in [0.25, 0.3) is 11.0 Å². The van der Waals surface area contributed by atoms with Gasteiger partial charge in [0.05, 0.1) is 17.0 Å². The van der Waals surface area contributed by atoms with Crippen LogP contribution in [0.15, 0.2) is 64.3 Å². The van der Waals surface area contributed by atoms with Gasteiger partial charge in [-0.1, -0.05) is 36.4 Å². The average molecular weight is 368 g/mol. The molecule has 1 aliphatic heterocycles. The topological polar surface area (TPSA) is 68.5 Å². The molecule has 130 valence electrons. The van der Waals surface area contributed by atoms with Crippen LogP contribution in [0.1, 0.15) is 27.7 Å². The molecule has 5 nitrogen and oxygen atoms in total. The highest BCUT2D eigenvalue weighted by Gasteiger charge is 2.36. The lowest BCUT2D eigenvalue weighted by Crippen LogP contribution is -2.22. The second kappa shape index (κ2) is 6.35. The predicted molar refractivity (Wildman–Crippen MR) is 98.9 cm³/mol. The molecule has 1 amide bonds. The minimum atomic E-state index is -0.607. The molecule has 3 aromatic rings. The molecule has 1 unspecified atom stereocenters. The van der Waals surface area contributed by atoms with Crippen LogP contribution < -0.4 is 15.5 Å². The molecular weight excluding hydrogens is 354 g/mol. The van der Waals surface area contributed by atoms with Gasteiger partial charge in [-0.05, 0) is 35.9 Å². The van der Waals surface area contributed by atoms with Gasteiger partial charge >= 0.3 is 0 Å². The van der Waals surface area contributed by atoms with Gasteiger partial charge in [0.15, 0.2) is 5.43 Å². The van der Waals surface area contributed by atoms with E-state index in [-0.39, 0.29) is 16.8 Å². The third kappa shape index (κ3) is 2.66. The lowest BCUT2D eigenvalue weighted by molar-refractivity contribution is 0.0938. The summed E-state index contributed by atoms with van der Waals surface area (Å²) in [6, 6.07) is 11.3. The first-order chi connectivity index (χ1) is 12.6. The van der Waals surface area contributed by atoms with E-state index >= 15 is 0 Å². The van der Waals surface area contributed by atoms with Gasteiger partial charge in [0.25, 0.3) is 5.91 Å². The number of nitrogens with one attached hydrogen (secondary N) is 1. The molecule has 0 fully saturated rings. The average Bonchev–Trinajstić information content (AvgIpc) is 2.98. The highest BCUT2D eigenvalue weighted by molar-refractivity contribution is 6.31. The number of hydrogen-bond acceptors (Lipinski definition) is 4. The third-order valence-electron chi connectivity index (χ3n) is 4.22. The summed E-state index contributed by atoms with van der Waals surface area (Å²) in [7, 11) is 0. The fourth-order valence-electron chi connectivity index (χ4n) is 3.07. The van der Waals surface area contributed by atoms with Crippen LogP contribution in [-0.2, 0) is 0 Å². The van der Waals surface area contributed by atoms with Gasteiger partial charge in [0, 0.05) is 5.02 Å². The van der Waals surface area contributed by atoms with Gasteiger partial charge in [-0.3, -0.25) is 9.59 Å². The molecule has 1 atom stereocenters. The standard InChI is InChI=1S/C20H14ClNO4/c1-2-8-25-13-5-3-4-11(9-13)17-16-18(23)14-10-12(21)6-7-15(14)26-19(16)20(24)22-17/h2-7,9-10,17H,1,8H2,(H,22,24). The molecule has 0 saturated heterocycles. The fourth-order valence-corrected chi connectivity index (χ4v) is 3.24. The Morgan fingerprint density at radius 1 is 1.23 bits per heavy atom. The quantitative estimate of drug-likeness (QED) is 0.711. The Kier molecular flexibility index (Phi) is 4.01. The third-order valence-corrected chi connectivity index (χ3v) is 4.45. The molecule has 1 aromatic heterocycles. The van der Waals surface area contributed by atoms with Crippen molar-refractivity contribution in [2.24, 2.45) is 0 Å². The van der Waals surface area contributed by atoms with Crippen LogP contribution in [0.3, 0.4) is 0 Å².